The number of hydrogen-bond donors (Lipinski definition) is 0. The maximum Gasteiger partial charge on any atom is 0.222 e. The number of piperidine rings is 1. The third kappa shape index (κ3) is 3.78. The zero-order valence-corrected chi connectivity index (χ0v) is 16.8. The molecule has 0 radical (unpaired) electrons. The summed E-state index contributed by atoms with van der Waals surface area (Å²) in [5.74, 6) is 0.533. The van der Waals surface area contributed by atoms with E-state index in [0.29, 0.717) is 18.4 Å². The lowest BCUT2D eigenvalue weighted by molar-refractivity contribution is -0.133. The predicted octanol–water partition coefficient (Wildman–Crippen LogP) is 4.66. The van der Waals surface area contributed by atoms with E-state index in [4.69, 9.17) is 0 Å². The van der Waals surface area contributed by atoms with Gasteiger partial charge in [0.15, 0.2) is 0 Å². The van der Waals surface area contributed by atoms with Crippen LogP contribution < -0.4 is 4.90 Å². The third-order valence-corrected chi connectivity index (χ3v) is 6.37. The molecular formula is C24H29FN2O. The molecule has 0 unspecified atom stereocenters. The summed E-state index contributed by atoms with van der Waals surface area (Å²) < 4.78 is 13.4. The smallest absolute Gasteiger partial charge is 0.222 e. The van der Waals surface area contributed by atoms with Crippen LogP contribution in [0.1, 0.15) is 38.7 Å². The van der Waals surface area contributed by atoms with Gasteiger partial charge in [0.2, 0.25) is 5.91 Å². The number of nitrogens with zero attached hydrogens (tertiary/aromatic N) is 2. The number of carbonyl (C=O) groups excluding carboxylic acids is 1. The zero-order valence-electron chi connectivity index (χ0n) is 16.8. The summed E-state index contributed by atoms with van der Waals surface area (Å²) in [6.07, 6.45) is 3.41. The molecule has 28 heavy (non-hydrogen) atoms. The largest absolute Gasteiger partial charge is 0.363 e. The van der Waals surface area contributed by atoms with E-state index in [1.165, 1.54) is 5.56 Å². The van der Waals surface area contributed by atoms with Gasteiger partial charge >= 0.3 is 0 Å². The topological polar surface area (TPSA) is 23.6 Å². The number of fused-ring (bicyclic) bond motifs is 1. The average Bonchev–Trinajstić information content (AvgIpc) is 2.96. The maximum atomic E-state index is 13.4. The van der Waals surface area contributed by atoms with Crippen LogP contribution in [-0.2, 0) is 11.2 Å². The molecule has 0 saturated carbocycles. The van der Waals surface area contributed by atoms with E-state index in [1.807, 2.05) is 30.3 Å². The van der Waals surface area contributed by atoms with Crippen LogP contribution in [0.15, 0.2) is 54.6 Å². The number of aryl methyl sites for hydroxylation is 1. The van der Waals surface area contributed by atoms with Crippen LogP contribution >= 0.6 is 0 Å². The number of halogens is 1. The number of carbonyl (C=O) groups is 1. The second-order valence-corrected chi connectivity index (χ2v) is 8.80. The van der Waals surface area contributed by atoms with Gasteiger partial charge in [-0.1, -0.05) is 30.3 Å². The Morgan fingerprint density at radius 1 is 1.11 bits per heavy atom. The van der Waals surface area contributed by atoms with Gasteiger partial charge < -0.3 is 9.80 Å². The van der Waals surface area contributed by atoms with E-state index < -0.39 is 0 Å². The molecule has 2 aromatic carbocycles. The molecule has 1 amide bonds. The Balaban J connectivity index is 1.42. The standard InChI is InChI=1S/C24H29FN2O/c1-24(2)16-19-17-26(23(28)13-8-18-6-4-3-5-7-18)15-14-22(19)27(24)21-11-9-20(25)10-12-21/h3-7,9-12,19,22H,8,13-17H2,1-2H3/t19-,22+/m1/s1. The van der Waals surface area contributed by atoms with Crippen LogP contribution in [-0.4, -0.2) is 35.5 Å². The minimum absolute atomic E-state index is 0.0102. The molecule has 0 spiro atoms. The lowest BCUT2D eigenvalue weighted by Gasteiger charge is -2.42. The summed E-state index contributed by atoms with van der Waals surface area (Å²) in [5, 5.41) is 0. The number of rotatable bonds is 4. The molecule has 148 valence electrons. The van der Waals surface area contributed by atoms with Gasteiger partial charge in [0.1, 0.15) is 5.82 Å². The molecule has 0 aromatic heterocycles. The van der Waals surface area contributed by atoms with E-state index in [1.54, 1.807) is 12.1 Å². The molecular weight excluding hydrogens is 351 g/mol. The van der Waals surface area contributed by atoms with Crippen molar-refractivity contribution in [3.8, 4) is 0 Å². The van der Waals surface area contributed by atoms with Gasteiger partial charge in [-0.15, -0.1) is 0 Å². The van der Waals surface area contributed by atoms with E-state index in [0.717, 1.165) is 38.0 Å². The first-order valence-electron chi connectivity index (χ1n) is 10.3. The molecule has 2 saturated heterocycles. The van der Waals surface area contributed by atoms with Crippen LogP contribution in [0.3, 0.4) is 0 Å². The summed E-state index contributed by atoms with van der Waals surface area (Å²) in [6, 6.07) is 17.5. The highest BCUT2D eigenvalue weighted by Gasteiger charge is 2.48. The summed E-state index contributed by atoms with van der Waals surface area (Å²) in [6.45, 7) is 6.16. The monoisotopic (exact) mass is 380 g/mol. The lowest BCUT2D eigenvalue weighted by atomic mass is 9.89. The number of likely N-dealkylation sites (tertiary alicyclic amines) is 1. The minimum atomic E-state index is -0.198. The van der Waals surface area contributed by atoms with Gasteiger partial charge in [-0.2, -0.15) is 0 Å². The quantitative estimate of drug-likeness (QED) is 0.770. The Morgan fingerprint density at radius 3 is 2.54 bits per heavy atom. The zero-order chi connectivity index (χ0) is 19.7. The molecule has 4 heteroatoms. The Hall–Kier alpha value is -2.36. The Labute approximate surface area is 167 Å². The highest BCUT2D eigenvalue weighted by atomic mass is 19.1. The SMILES string of the molecule is CC1(C)C[C@@H]2CN(C(=O)CCc3ccccc3)CC[C@@H]2N1c1ccc(F)cc1. The molecule has 0 aliphatic carbocycles. The van der Waals surface area contributed by atoms with Crippen molar-refractivity contribution < 1.29 is 9.18 Å². The highest BCUT2D eigenvalue weighted by molar-refractivity contribution is 5.76. The van der Waals surface area contributed by atoms with E-state index in [9.17, 15) is 9.18 Å². The first kappa shape index (κ1) is 19.0. The third-order valence-electron chi connectivity index (χ3n) is 6.37. The lowest BCUT2D eigenvalue weighted by Crippen LogP contribution is -2.50. The number of hydrogen-bond acceptors (Lipinski definition) is 2. The van der Waals surface area contributed by atoms with Crippen molar-refractivity contribution in [2.75, 3.05) is 18.0 Å². The molecule has 2 atom stereocenters. The van der Waals surface area contributed by atoms with Crippen molar-refractivity contribution in [2.45, 2.75) is 51.1 Å². The fourth-order valence-corrected chi connectivity index (χ4v) is 5.17. The normalized spacial score (nSPS) is 23.5. The molecule has 2 heterocycles. The Kier molecular flexibility index (Phi) is 5.13. The average molecular weight is 381 g/mol. The predicted molar refractivity (Wildman–Crippen MR) is 111 cm³/mol. The van der Waals surface area contributed by atoms with Gasteiger partial charge in [0.05, 0.1) is 0 Å². The minimum Gasteiger partial charge on any atom is -0.363 e. The maximum absolute atomic E-state index is 13.4. The van der Waals surface area contributed by atoms with Crippen molar-refractivity contribution in [3.63, 3.8) is 0 Å². The summed E-state index contributed by atoms with van der Waals surface area (Å²) in [7, 11) is 0. The fourth-order valence-electron chi connectivity index (χ4n) is 5.17. The first-order chi connectivity index (χ1) is 13.4. The van der Waals surface area contributed by atoms with Crippen molar-refractivity contribution in [3.05, 3.63) is 66.0 Å². The Bertz CT molecular complexity index is 818. The molecule has 2 aromatic rings. The van der Waals surface area contributed by atoms with Crippen LogP contribution in [0, 0.1) is 11.7 Å². The molecule has 0 N–H and O–H groups in total. The molecule has 2 aliphatic heterocycles. The molecule has 3 nitrogen and oxygen atoms in total. The fraction of sp³-hybridized carbons (Fsp3) is 0.458. The molecule has 2 fully saturated rings. The van der Waals surface area contributed by atoms with Crippen molar-refractivity contribution in [1.29, 1.82) is 0 Å². The van der Waals surface area contributed by atoms with Crippen LogP contribution in [0.4, 0.5) is 10.1 Å². The van der Waals surface area contributed by atoms with E-state index in [-0.39, 0.29) is 17.3 Å². The number of amides is 1. The van der Waals surface area contributed by atoms with Gasteiger partial charge in [0, 0.05) is 36.8 Å². The van der Waals surface area contributed by atoms with E-state index >= 15 is 0 Å². The summed E-state index contributed by atoms with van der Waals surface area (Å²) in [5.41, 5.74) is 2.31. The van der Waals surface area contributed by atoms with Crippen molar-refractivity contribution in [2.24, 2.45) is 5.92 Å². The second kappa shape index (κ2) is 7.57. The molecule has 2 aliphatic rings. The van der Waals surface area contributed by atoms with Crippen LogP contribution in [0.25, 0.3) is 0 Å². The van der Waals surface area contributed by atoms with Gasteiger partial charge in [-0.05, 0) is 68.9 Å². The summed E-state index contributed by atoms with van der Waals surface area (Å²) >= 11 is 0. The van der Waals surface area contributed by atoms with Crippen molar-refractivity contribution in [1.82, 2.24) is 4.90 Å². The number of anilines is 1. The summed E-state index contributed by atoms with van der Waals surface area (Å²) in [4.78, 5) is 17.3. The first-order valence-corrected chi connectivity index (χ1v) is 10.3. The van der Waals surface area contributed by atoms with Gasteiger partial charge in [-0.3, -0.25) is 4.79 Å². The molecule has 0 bridgehead atoms. The molecule has 4 rings (SSSR count). The van der Waals surface area contributed by atoms with Crippen LogP contribution in [0.2, 0.25) is 0 Å². The van der Waals surface area contributed by atoms with Crippen LogP contribution in [0.5, 0.6) is 0 Å². The Morgan fingerprint density at radius 2 is 1.82 bits per heavy atom. The second-order valence-electron chi connectivity index (χ2n) is 8.80. The van der Waals surface area contributed by atoms with E-state index in [2.05, 4.69) is 35.8 Å². The number of benzene rings is 2. The highest BCUT2D eigenvalue weighted by Crippen LogP contribution is 2.44. The van der Waals surface area contributed by atoms with Gasteiger partial charge in [0.25, 0.3) is 0 Å². The van der Waals surface area contributed by atoms with Gasteiger partial charge in [-0.25, -0.2) is 4.39 Å². The van der Waals surface area contributed by atoms with Crippen molar-refractivity contribution >= 4 is 11.6 Å².